The monoisotopic (exact) mass is 434 g/mol. The number of anilines is 2. The van der Waals surface area contributed by atoms with E-state index in [0.717, 1.165) is 27.8 Å². The van der Waals surface area contributed by atoms with Crippen LogP contribution in [0.3, 0.4) is 0 Å². The summed E-state index contributed by atoms with van der Waals surface area (Å²) in [6, 6.07) is 9.86. The Labute approximate surface area is 185 Å². The number of nitriles is 1. The number of likely N-dealkylation sites (N-methyl/N-ethyl adjacent to an activating group) is 1. The van der Waals surface area contributed by atoms with E-state index < -0.39 is 17.2 Å². The number of carbonyl (C=O) groups excluding carboxylic acids is 1. The molecule has 0 radical (unpaired) electrons. The first-order valence-electron chi connectivity index (χ1n) is 10.4. The van der Waals surface area contributed by atoms with Crippen LogP contribution in [0.2, 0.25) is 0 Å². The minimum absolute atomic E-state index is 0.0374. The summed E-state index contributed by atoms with van der Waals surface area (Å²) in [5.74, 6) is -0.499. The molecule has 0 atom stereocenters. The summed E-state index contributed by atoms with van der Waals surface area (Å²) < 4.78 is 3.25. The zero-order chi connectivity index (χ0) is 23.3. The lowest BCUT2D eigenvalue weighted by Gasteiger charge is -2.19. The fourth-order valence-electron chi connectivity index (χ4n) is 3.59. The van der Waals surface area contributed by atoms with Crippen LogP contribution in [0.5, 0.6) is 0 Å². The van der Waals surface area contributed by atoms with Gasteiger partial charge in [-0.05, 0) is 18.6 Å². The number of carbonyl (C=O) groups is 1. The Balaban J connectivity index is 1.92. The number of aryl methyl sites for hydroxylation is 1. The number of nitrogens with two attached hydrogens (primary N) is 1. The maximum atomic E-state index is 12.8. The van der Waals surface area contributed by atoms with Gasteiger partial charge in [0.2, 0.25) is 0 Å². The average molecular weight is 435 g/mol. The van der Waals surface area contributed by atoms with E-state index in [9.17, 15) is 14.4 Å². The van der Waals surface area contributed by atoms with Crippen molar-refractivity contribution in [1.82, 2.24) is 14.1 Å². The molecule has 0 aliphatic carbocycles. The summed E-state index contributed by atoms with van der Waals surface area (Å²) in [6.07, 6.45) is 6.85. The lowest BCUT2D eigenvalue weighted by molar-refractivity contribution is -0.113. The Hall–Kier alpha value is -4.06. The fraction of sp³-hybridized carbons (Fsp3) is 0.304. The maximum absolute atomic E-state index is 12.8. The molecule has 9 nitrogen and oxygen atoms in total. The smallest absolute Gasteiger partial charge is 0.330 e. The lowest BCUT2D eigenvalue weighted by Crippen LogP contribution is -2.38. The van der Waals surface area contributed by atoms with Crippen LogP contribution in [0.1, 0.15) is 31.7 Å². The molecule has 9 heteroatoms. The molecule has 32 heavy (non-hydrogen) atoms. The number of nitrogen functional groups attached to an aromatic ring is 1. The molecule has 166 valence electrons. The quantitative estimate of drug-likeness (QED) is 0.526. The van der Waals surface area contributed by atoms with E-state index in [1.54, 1.807) is 6.08 Å². The van der Waals surface area contributed by atoms with E-state index >= 15 is 0 Å². The molecule has 2 aromatic heterocycles. The number of benzene rings is 1. The zero-order valence-electron chi connectivity index (χ0n) is 18.2. The van der Waals surface area contributed by atoms with Crippen molar-refractivity contribution in [1.29, 1.82) is 5.26 Å². The van der Waals surface area contributed by atoms with E-state index in [-0.39, 0.29) is 11.5 Å². The highest BCUT2D eigenvalue weighted by atomic mass is 16.2. The van der Waals surface area contributed by atoms with Gasteiger partial charge in [0.15, 0.2) is 5.69 Å². The maximum Gasteiger partial charge on any atom is 0.330 e. The van der Waals surface area contributed by atoms with Gasteiger partial charge in [0.05, 0.1) is 12.5 Å². The van der Waals surface area contributed by atoms with Crippen LogP contribution in [0.25, 0.3) is 17.0 Å². The molecule has 1 aromatic carbocycles. The molecule has 3 aromatic rings. The Morgan fingerprint density at radius 2 is 2.03 bits per heavy atom. The molecular weight excluding hydrogens is 408 g/mol. The molecular formula is C23H26N6O3. The van der Waals surface area contributed by atoms with Crippen molar-refractivity contribution in [2.24, 2.45) is 0 Å². The molecule has 0 spiro atoms. The van der Waals surface area contributed by atoms with Gasteiger partial charge in [0.25, 0.3) is 11.5 Å². The number of rotatable bonds is 8. The molecule has 1 amide bonds. The Morgan fingerprint density at radius 1 is 1.28 bits per heavy atom. The van der Waals surface area contributed by atoms with Crippen LogP contribution < -0.4 is 21.9 Å². The van der Waals surface area contributed by atoms with E-state index in [4.69, 9.17) is 11.0 Å². The molecule has 2 heterocycles. The number of hydrogen-bond acceptors (Lipinski definition) is 5. The average Bonchev–Trinajstić information content (AvgIpc) is 3.13. The van der Waals surface area contributed by atoms with E-state index in [1.807, 2.05) is 42.0 Å². The van der Waals surface area contributed by atoms with Crippen LogP contribution >= 0.6 is 0 Å². The van der Waals surface area contributed by atoms with Crippen molar-refractivity contribution in [2.75, 3.05) is 17.7 Å². The Morgan fingerprint density at radius 3 is 2.75 bits per heavy atom. The van der Waals surface area contributed by atoms with Gasteiger partial charge in [-0.2, -0.15) is 5.26 Å². The molecule has 0 unspecified atom stereocenters. The first-order valence-corrected chi connectivity index (χ1v) is 10.4. The number of unbranched alkanes of at least 4 members (excludes halogenated alkanes) is 1. The largest absolute Gasteiger partial charge is 0.383 e. The van der Waals surface area contributed by atoms with Gasteiger partial charge in [-0.3, -0.25) is 19.1 Å². The topological polar surface area (TPSA) is 130 Å². The first kappa shape index (κ1) is 22.6. The van der Waals surface area contributed by atoms with Crippen molar-refractivity contribution >= 4 is 34.4 Å². The summed E-state index contributed by atoms with van der Waals surface area (Å²) in [6.45, 7) is 2.88. The number of nitrogens with one attached hydrogen (secondary N) is 1. The first-order chi connectivity index (χ1) is 15.4. The summed E-state index contributed by atoms with van der Waals surface area (Å²) in [7, 11) is 1.44. The van der Waals surface area contributed by atoms with Gasteiger partial charge < -0.3 is 15.2 Å². The predicted octanol–water partition coefficient (Wildman–Crippen LogP) is 2.46. The highest BCUT2D eigenvalue weighted by molar-refractivity contribution is 6.05. The van der Waals surface area contributed by atoms with E-state index in [0.29, 0.717) is 25.9 Å². The minimum atomic E-state index is -0.711. The number of H-pyrrole nitrogens is 1. The van der Waals surface area contributed by atoms with Crippen LogP contribution in [-0.4, -0.2) is 27.1 Å². The summed E-state index contributed by atoms with van der Waals surface area (Å²) in [4.78, 5) is 40.7. The van der Waals surface area contributed by atoms with Crippen LogP contribution in [-0.2, 0) is 17.9 Å². The normalized spacial score (nSPS) is 11.2. The van der Waals surface area contributed by atoms with E-state index in [1.165, 1.54) is 17.7 Å². The number of nitrogens with zero attached hydrogens (tertiary/aromatic N) is 4. The summed E-state index contributed by atoms with van der Waals surface area (Å²) in [5, 5.41) is 9.84. The van der Waals surface area contributed by atoms with Crippen LogP contribution in [0, 0.1) is 11.3 Å². The zero-order valence-corrected chi connectivity index (χ0v) is 18.2. The summed E-state index contributed by atoms with van der Waals surface area (Å²) >= 11 is 0. The number of amides is 1. The molecule has 3 rings (SSSR count). The number of aromatic nitrogens is 3. The standard InChI is InChI=1S/C23H26N6O3/c1-3-4-14-29-21(25)20(22(31)26-23(29)32)27(2)19(30)11-10-16-15-28(13-7-12-24)18-9-6-5-8-17(16)18/h5-6,8-11,15H,3-4,7,13-14,25H2,1-2H3,(H,26,31,32)/b11-10+. The van der Waals surface area contributed by atoms with Gasteiger partial charge in [0, 0.05) is 48.9 Å². The van der Waals surface area contributed by atoms with Crippen molar-refractivity contribution in [3.63, 3.8) is 0 Å². The van der Waals surface area contributed by atoms with Crippen molar-refractivity contribution < 1.29 is 4.79 Å². The third-order valence-electron chi connectivity index (χ3n) is 5.30. The van der Waals surface area contributed by atoms with Gasteiger partial charge in [-0.25, -0.2) is 4.79 Å². The Bertz CT molecular complexity index is 1320. The molecule has 0 saturated heterocycles. The predicted molar refractivity (Wildman–Crippen MR) is 125 cm³/mol. The van der Waals surface area contributed by atoms with Crippen LogP contribution in [0.4, 0.5) is 11.5 Å². The summed E-state index contributed by atoms with van der Waals surface area (Å²) in [5.41, 5.74) is 6.51. The molecule has 3 N–H and O–H groups in total. The van der Waals surface area contributed by atoms with E-state index in [2.05, 4.69) is 11.1 Å². The molecule has 0 fully saturated rings. The molecule has 0 bridgehead atoms. The number of hydrogen-bond donors (Lipinski definition) is 2. The second-order valence-electron chi connectivity index (χ2n) is 7.43. The minimum Gasteiger partial charge on any atom is -0.383 e. The van der Waals surface area contributed by atoms with Crippen molar-refractivity contribution in [3.8, 4) is 6.07 Å². The number of fused-ring (bicyclic) bond motifs is 1. The molecule has 0 aliphatic rings. The third kappa shape index (κ3) is 4.49. The number of para-hydroxylation sites is 1. The van der Waals surface area contributed by atoms with Gasteiger partial charge in [-0.1, -0.05) is 31.5 Å². The SMILES string of the molecule is CCCCn1c(N)c(N(C)C(=O)/C=C/c2cn(CCC#N)c3ccccc23)c(=O)[nH]c1=O. The fourth-order valence-corrected chi connectivity index (χ4v) is 3.59. The molecule has 0 aliphatic heterocycles. The van der Waals surface area contributed by atoms with Gasteiger partial charge >= 0.3 is 5.69 Å². The van der Waals surface area contributed by atoms with Crippen molar-refractivity contribution in [3.05, 3.63) is 62.9 Å². The van der Waals surface area contributed by atoms with Gasteiger partial charge in [0.1, 0.15) is 5.82 Å². The second-order valence-corrected chi connectivity index (χ2v) is 7.43. The van der Waals surface area contributed by atoms with Crippen molar-refractivity contribution in [2.45, 2.75) is 39.3 Å². The van der Waals surface area contributed by atoms with Crippen LogP contribution in [0.15, 0.2) is 46.1 Å². The molecule has 0 saturated carbocycles. The highest BCUT2D eigenvalue weighted by Gasteiger charge is 2.19. The third-order valence-corrected chi connectivity index (χ3v) is 5.30. The highest BCUT2D eigenvalue weighted by Crippen LogP contribution is 2.23. The Kier molecular flexibility index (Phi) is 6.95. The second kappa shape index (κ2) is 9.83. The lowest BCUT2D eigenvalue weighted by atomic mass is 10.1. The number of aromatic amines is 1. The van der Waals surface area contributed by atoms with Gasteiger partial charge in [-0.15, -0.1) is 0 Å².